The first kappa shape index (κ1) is 10.7. The molecule has 1 heteroatoms. The SMILES string of the molecule is CC1CNCC(CCc2ccccc2)C1. The molecule has 0 amide bonds. The lowest BCUT2D eigenvalue weighted by atomic mass is 9.87. The molecule has 1 saturated heterocycles. The first-order chi connectivity index (χ1) is 7.34. The van der Waals surface area contributed by atoms with Crippen LogP contribution in [-0.2, 0) is 6.42 Å². The summed E-state index contributed by atoms with van der Waals surface area (Å²) in [5, 5.41) is 3.52. The van der Waals surface area contributed by atoms with Gasteiger partial charge in [-0.2, -0.15) is 0 Å². The summed E-state index contributed by atoms with van der Waals surface area (Å²) in [6, 6.07) is 10.8. The summed E-state index contributed by atoms with van der Waals surface area (Å²) < 4.78 is 0. The fourth-order valence-corrected chi connectivity index (χ4v) is 2.50. The summed E-state index contributed by atoms with van der Waals surface area (Å²) >= 11 is 0. The second kappa shape index (κ2) is 5.32. The smallest absolute Gasteiger partial charge is 0.00202 e. The van der Waals surface area contributed by atoms with E-state index in [9.17, 15) is 0 Å². The number of piperidine rings is 1. The second-order valence-electron chi connectivity index (χ2n) is 4.89. The maximum atomic E-state index is 3.52. The van der Waals surface area contributed by atoms with Crippen LogP contribution in [0.25, 0.3) is 0 Å². The van der Waals surface area contributed by atoms with Crippen LogP contribution in [0.3, 0.4) is 0 Å². The van der Waals surface area contributed by atoms with Gasteiger partial charge >= 0.3 is 0 Å². The minimum atomic E-state index is 0.861. The summed E-state index contributed by atoms with van der Waals surface area (Å²) in [5.74, 6) is 1.74. The third-order valence-corrected chi connectivity index (χ3v) is 3.35. The lowest BCUT2D eigenvalue weighted by Crippen LogP contribution is -2.35. The van der Waals surface area contributed by atoms with Gasteiger partial charge in [0.05, 0.1) is 0 Å². The molecular formula is C14H21N. The van der Waals surface area contributed by atoms with E-state index in [1.54, 1.807) is 0 Å². The van der Waals surface area contributed by atoms with Gasteiger partial charge in [-0.15, -0.1) is 0 Å². The van der Waals surface area contributed by atoms with Gasteiger partial charge in [-0.05, 0) is 49.8 Å². The standard InChI is InChI=1S/C14H21N/c1-12-9-14(11-15-10-12)8-7-13-5-3-2-4-6-13/h2-6,12,14-15H,7-11H2,1H3. The predicted molar refractivity (Wildman–Crippen MR) is 64.9 cm³/mol. The van der Waals surface area contributed by atoms with E-state index >= 15 is 0 Å². The van der Waals surface area contributed by atoms with Gasteiger partial charge in [-0.25, -0.2) is 0 Å². The Hall–Kier alpha value is -0.820. The molecule has 0 aliphatic carbocycles. The molecule has 1 heterocycles. The van der Waals surface area contributed by atoms with Crippen molar-refractivity contribution >= 4 is 0 Å². The van der Waals surface area contributed by atoms with E-state index in [2.05, 4.69) is 42.6 Å². The minimum Gasteiger partial charge on any atom is -0.316 e. The van der Waals surface area contributed by atoms with Crippen LogP contribution in [0.2, 0.25) is 0 Å². The van der Waals surface area contributed by atoms with Gasteiger partial charge in [0.25, 0.3) is 0 Å². The molecule has 2 unspecified atom stereocenters. The molecule has 1 nitrogen and oxygen atoms in total. The molecule has 0 bridgehead atoms. The molecule has 0 saturated carbocycles. The highest BCUT2D eigenvalue weighted by Crippen LogP contribution is 2.20. The van der Waals surface area contributed by atoms with Crippen LogP contribution in [-0.4, -0.2) is 13.1 Å². The maximum absolute atomic E-state index is 3.52. The first-order valence-corrected chi connectivity index (χ1v) is 6.09. The Morgan fingerprint density at radius 2 is 2.00 bits per heavy atom. The van der Waals surface area contributed by atoms with Gasteiger partial charge < -0.3 is 5.32 Å². The van der Waals surface area contributed by atoms with E-state index in [1.807, 2.05) is 0 Å². The van der Waals surface area contributed by atoms with Crippen LogP contribution in [0.1, 0.15) is 25.3 Å². The predicted octanol–water partition coefficient (Wildman–Crippen LogP) is 2.86. The highest BCUT2D eigenvalue weighted by Gasteiger charge is 2.17. The number of benzene rings is 1. The topological polar surface area (TPSA) is 12.0 Å². The molecule has 0 radical (unpaired) electrons. The summed E-state index contributed by atoms with van der Waals surface area (Å²) in [4.78, 5) is 0. The van der Waals surface area contributed by atoms with Crippen molar-refractivity contribution in [3.05, 3.63) is 35.9 Å². The van der Waals surface area contributed by atoms with E-state index < -0.39 is 0 Å². The van der Waals surface area contributed by atoms with E-state index in [1.165, 1.54) is 37.9 Å². The Balaban J connectivity index is 1.78. The largest absolute Gasteiger partial charge is 0.316 e. The van der Waals surface area contributed by atoms with Crippen molar-refractivity contribution in [3.8, 4) is 0 Å². The van der Waals surface area contributed by atoms with Crippen molar-refractivity contribution in [2.45, 2.75) is 26.2 Å². The van der Waals surface area contributed by atoms with E-state index in [0.29, 0.717) is 0 Å². The monoisotopic (exact) mass is 203 g/mol. The third kappa shape index (κ3) is 3.35. The van der Waals surface area contributed by atoms with Gasteiger partial charge in [-0.3, -0.25) is 0 Å². The number of aryl methyl sites for hydroxylation is 1. The summed E-state index contributed by atoms with van der Waals surface area (Å²) in [5.41, 5.74) is 1.48. The van der Waals surface area contributed by atoms with Crippen molar-refractivity contribution in [1.29, 1.82) is 0 Å². The molecule has 15 heavy (non-hydrogen) atoms. The van der Waals surface area contributed by atoms with Crippen molar-refractivity contribution in [2.75, 3.05) is 13.1 Å². The van der Waals surface area contributed by atoms with Gasteiger partial charge in [-0.1, -0.05) is 37.3 Å². The van der Waals surface area contributed by atoms with Crippen molar-refractivity contribution < 1.29 is 0 Å². The molecule has 1 aromatic rings. The molecule has 2 rings (SSSR count). The minimum absolute atomic E-state index is 0.861. The van der Waals surface area contributed by atoms with Crippen molar-refractivity contribution in [1.82, 2.24) is 5.32 Å². The average molecular weight is 203 g/mol. The number of hydrogen-bond acceptors (Lipinski definition) is 1. The maximum Gasteiger partial charge on any atom is -0.00202 e. The quantitative estimate of drug-likeness (QED) is 0.796. The van der Waals surface area contributed by atoms with E-state index in [4.69, 9.17) is 0 Å². The Bertz CT molecular complexity index is 281. The van der Waals surface area contributed by atoms with Gasteiger partial charge in [0.1, 0.15) is 0 Å². The zero-order valence-corrected chi connectivity index (χ0v) is 9.58. The van der Waals surface area contributed by atoms with Crippen LogP contribution in [0.4, 0.5) is 0 Å². The summed E-state index contributed by atoms with van der Waals surface area (Å²) in [6.07, 6.45) is 3.97. The molecule has 1 aliphatic heterocycles. The van der Waals surface area contributed by atoms with Crippen LogP contribution in [0.15, 0.2) is 30.3 Å². The molecule has 82 valence electrons. The fourth-order valence-electron chi connectivity index (χ4n) is 2.50. The first-order valence-electron chi connectivity index (χ1n) is 6.09. The lowest BCUT2D eigenvalue weighted by molar-refractivity contribution is 0.289. The van der Waals surface area contributed by atoms with Gasteiger partial charge in [0.15, 0.2) is 0 Å². The Morgan fingerprint density at radius 1 is 1.20 bits per heavy atom. The van der Waals surface area contributed by atoms with E-state index in [-0.39, 0.29) is 0 Å². The fraction of sp³-hybridized carbons (Fsp3) is 0.571. The van der Waals surface area contributed by atoms with Crippen LogP contribution >= 0.6 is 0 Å². The van der Waals surface area contributed by atoms with Gasteiger partial charge in [0, 0.05) is 0 Å². The molecule has 2 atom stereocenters. The molecule has 0 aromatic heterocycles. The number of nitrogens with one attached hydrogen (secondary N) is 1. The average Bonchev–Trinajstić information content (AvgIpc) is 2.28. The molecular weight excluding hydrogens is 182 g/mol. The van der Waals surface area contributed by atoms with Crippen molar-refractivity contribution in [2.24, 2.45) is 11.8 Å². The highest BCUT2D eigenvalue weighted by molar-refractivity contribution is 5.14. The Morgan fingerprint density at radius 3 is 2.73 bits per heavy atom. The van der Waals surface area contributed by atoms with Crippen LogP contribution < -0.4 is 5.32 Å². The van der Waals surface area contributed by atoms with Gasteiger partial charge in [0.2, 0.25) is 0 Å². The Kier molecular flexibility index (Phi) is 3.79. The molecule has 1 N–H and O–H groups in total. The molecule has 1 aromatic carbocycles. The zero-order valence-electron chi connectivity index (χ0n) is 9.58. The highest BCUT2D eigenvalue weighted by atomic mass is 14.9. The van der Waals surface area contributed by atoms with Crippen molar-refractivity contribution in [3.63, 3.8) is 0 Å². The summed E-state index contributed by atoms with van der Waals surface area (Å²) in [7, 11) is 0. The van der Waals surface area contributed by atoms with Crippen LogP contribution in [0, 0.1) is 11.8 Å². The Labute approximate surface area is 92.9 Å². The lowest BCUT2D eigenvalue weighted by Gasteiger charge is -2.27. The molecule has 0 spiro atoms. The molecule has 1 fully saturated rings. The number of hydrogen-bond donors (Lipinski definition) is 1. The zero-order chi connectivity index (χ0) is 10.5. The van der Waals surface area contributed by atoms with Crippen LogP contribution in [0.5, 0.6) is 0 Å². The summed E-state index contributed by atoms with van der Waals surface area (Å²) in [6.45, 7) is 4.78. The molecule has 1 aliphatic rings. The third-order valence-electron chi connectivity index (χ3n) is 3.35. The number of rotatable bonds is 3. The second-order valence-corrected chi connectivity index (χ2v) is 4.89. The normalized spacial score (nSPS) is 26.5. The van der Waals surface area contributed by atoms with E-state index in [0.717, 1.165) is 11.8 Å².